The second-order valence-corrected chi connectivity index (χ2v) is 9.20. The van der Waals surface area contributed by atoms with Crippen LogP contribution in [-0.2, 0) is 17.5 Å². The minimum absolute atomic E-state index is 0.0367. The number of piperidine rings is 1. The van der Waals surface area contributed by atoms with E-state index in [1.165, 1.54) is 12.1 Å². The summed E-state index contributed by atoms with van der Waals surface area (Å²) in [5.74, 6) is -0.431. The average molecular weight is 473 g/mol. The minimum Gasteiger partial charge on any atom is -0.508 e. The number of benzene rings is 2. The molecule has 2 heterocycles. The molecular formula is C25H27F3N4O2. The molecule has 0 spiro atoms. The van der Waals surface area contributed by atoms with Crippen molar-refractivity contribution >= 4 is 11.6 Å². The van der Waals surface area contributed by atoms with Gasteiger partial charge in [0, 0.05) is 25.3 Å². The van der Waals surface area contributed by atoms with Gasteiger partial charge in [0.2, 0.25) is 5.91 Å². The molecule has 34 heavy (non-hydrogen) atoms. The van der Waals surface area contributed by atoms with Crippen molar-refractivity contribution in [2.24, 2.45) is 23.5 Å². The summed E-state index contributed by atoms with van der Waals surface area (Å²) in [5.41, 5.74) is 5.69. The molecule has 6 nitrogen and oxygen atoms in total. The van der Waals surface area contributed by atoms with Crippen molar-refractivity contribution in [3.8, 4) is 11.8 Å². The first kappa shape index (κ1) is 23.9. The second kappa shape index (κ2) is 9.55. The van der Waals surface area contributed by atoms with E-state index in [-0.39, 0.29) is 24.1 Å². The smallest absolute Gasteiger partial charge is 0.417 e. The van der Waals surface area contributed by atoms with E-state index in [0.29, 0.717) is 12.2 Å². The van der Waals surface area contributed by atoms with Crippen molar-refractivity contribution < 1.29 is 23.1 Å². The van der Waals surface area contributed by atoms with Crippen LogP contribution in [0.25, 0.3) is 0 Å². The zero-order chi connectivity index (χ0) is 24.5. The second-order valence-electron chi connectivity index (χ2n) is 9.20. The monoisotopic (exact) mass is 472 g/mol. The lowest BCUT2D eigenvalue weighted by atomic mass is 9.78. The van der Waals surface area contributed by atoms with E-state index in [2.05, 4.69) is 4.90 Å². The lowest BCUT2D eigenvalue weighted by molar-refractivity contribution is -0.137. The highest BCUT2D eigenvalue weighted by Crippen LogP contribution is 2.40. The molecule has 2 aliphatic rings. The zero-order valence-electron chi connectivity index (χ0n) is 18.6. The van der Waals surface area contributed by atoms with Crippen LogP contribution in [0.1, 0.15) is 29.5 Å². The Bertz CT molecular complexity index is 1090. The number of carbonyl (C=O) groups excluding carboxylic acids is 1. The highest BCUT2D eigenvalue weighted by molar-refractivity contribution is 5.79. The number of hydrogen-bond donors (Lipinski definition) is 2. The number of alkyl halides is 3. The maximum Gasteiger partial charge on any atom is 0.417 e. The van der Waals surface area contributed by atoms with Crippen molar-refractivity contribution in [2.75, 3.05) is 31.1 Å². The molecule has 0 bridgehead atoms. The highest BCUT2D eigenvalue weighted by atomic mass is 19.4. The molecule has 2 aromatic carbocycles. The number of nitrogens with two attached hydrogens (primary N) is 1. The van der Waals surface area contributed by atoms with Crippen molar-refractivity contribution in [1.29, 1.82) is 5.26 Å². The van der Waals surface area contributed by atoms with Gasteiger partial charge in [-0.05, 0) is 73.7 Å². The van der Waals surface area contributed by atoms with Crippen LogP contribution in [0.15, 0.2) is 42.5 Å². The Morgan fingerprint density at radius 3 is 2.50 bits per heavy atom. The molecule has 0 saturated carbocycles. The van der Waals surface area contributed by atoms with Gasteiger partial charge in [-0.1, -0.05) is 12.1 Å². The molecule has 2 aliphatic heterocycles. The number of halogens is 3. The van der Waals surface area contributed by atoms with Crippen LogP contribution in [0.4, 0.5) is 18.9 Å². The molecule has 3 N–H and O–H groups in total. The van der Waals surface area contributed by atoms with Crippen molar-refractivity contribution in [2.45, 2.75) is 25.6 Å². The normalized spacial score (nSPS) is 22.0. The Hall–Kier alpha value is -3.25. The van der Waals surface area contributed by atoms with Gasteiger partial charge in [-0.25, -0.2) is 0 Å². The van der Waals surface area contributed by atoms with Gasteiger partial charge in [0.05, 0.1) is 23.1 Å². The number of carbonyl (C=O) groups is 1. The van der Waals surface area contributed by atoms with E-state index < -0.39 is 29.1 Å². The summed E-state index contributed by atoms with van der Waals surface area (Å²) in [6, 6.07) is 12.5. The molecule has 180 valence electrons. The Morgan fingerprint density at radius 2 is 1.88 bits per heavy atom. The first-order valence-corrected chi connectivity index (χ1v) is 11.3. The number of phenols is 1. The van der Waals surface area contributed by atoms with E-state index in [1.807, 2.05) is 12.1 Å². The predicted octanol–water partition coefficient (Wildman–Crippen LogP) is 3.73. The van der Waals surface area contributed by atoms with Crippen LogP contribution in [-0.4, -0.2) is 42.1 Å². The molecule has 2 atom stereocenters. The van der Waals surface area contributed by atoms with Gasteiger partial charge < -0.3 is 15.7 Å². The van der Waals surface area contributed by atoms with Crippen LogP contribution < -0.4 is 10.6 Å². The third kappa shape index (κ3) is 5.12. The lowest BCUT2D eigenvalue weighted by Gasteiger charge is -2.36. The lowest BCUT2D eigenvalue weighted by Crippen LogP contribution is -2.40. The van der Waals surface area contributed by atoms with Crippen LogP contribution >= 0.6 is 0 Å². The van der Waals surface area contributed by atoms with Gasteiger partial charge in [-0.3, -0.25) is 9.69 Å². The Kier molecular flexibility index (Phi) is 6.71. The number of amides is 1. The number of likely N-dealkylation sites (tertiary alicyclic amines) is 1. The fourth-order valence-corrected chi connectivity index (χ4v) is 5.33. The van der Waals surface area contributed by atoms with Gasteiger partial charge in [0.1, 0.15) is 5.75 Å². The maximum absolute atomic E-state index is 13.4. The number of nitriles is 1. The van der Waals surface area contributed by atoms with Crippen LogP contribution in [0.2, 0.25) is 0 Å². The molecule has 2 saturated heterocycles. The quantitative estimate of drug-likeness (QED) is 0.692. The molecule has 4 rings (SSSR count). The van der Waals surface area contributed by atoms with Crippen LogP contribution in [0, 0.1) is 29.1 Å². The summed E-state index contributed by atoms with van der Waals surface area (Å²) < 4.78 is 40.3. The zero-order valence-corrected chi connectivity index (χ0v) is 18.6. The average Bonchev–Trinajstić information content (AvgIpc) is 3.24. The number of nitrogens with zero attached hydrogens (tertiary/aromatic N) is 3. The van der Waals surface area contributed by atoms with Crippen LogP contribution in [0.3, 0.4) is 0 Å². The molecule has 9 heteroatoms. The number of primary amides is 1. The minimum atomic E-state index is -4.63. The fourth-order valence-electron chi connectivity index (χ4n) is 5.33. The highest BCUT2D eigenvalue weighted by Gasteiger charge is 2.42. The maximum atomic E-state index is 13.4. The van der Waals surface area contributed by atoms with Crippen molar-refractivity contribution in [3.63, 3.8) is 0 Å². The number of hydrogen-bond acceptors (Lipinski definition) is 5. The first-order valence-electron chi connectivity index (χ1n) is 11.3. The summed E-state index contributed by atoms with van der Waals surface area (Å²) in [5, 5.41) is 18.7. The standard InChI is InChI=1S/C25H27F3N4O2/c26-25(27,28)23-11-19(5-4-18(23)12-29)32-14-21(22(15-32)24(30)34)17-6-8-31(9-7-17)13-16-2-1-3-20(33)10-16/h1-5,10-11,17,21-22,33H,6-9,13-15H2,(H2,30,34)/t21-,22+/m0/s1. The van der Waals surface area contributed by atoms with E-state index in [4.69, 9.17) is 11.0 Å². The molecule has 1 amide bonds. The number of aromatic hydroxyl groups is 1. The largest absolute Gasteiger partial charge is 0.508 e. The fraction of sp³-hybridized carbons (Fsp3) is 0.440. The summed E-state index contributed by atoms with van der Waals surface area (Å²) in [6.07, 6.45) is -2.91. The molecular weight excluding hydrogens is 445 g/mol. The Labute approximate surface area is 196 Å². The van der Waals surface area contributed by atoms with Gasteiger partial charge in [-0.15, -0.1) is 0 Å². The molecule has 0 unspecified atom stereocenters. The molecule has 0 aliphatic carbocycles. The molecule has 0 radical (unpaired) electrons. The molecule has 2 aromatic rings. The molecule has 2 fully saturated rings. The number of anilines is 1. The third-order valence-corrected chi connectivity index (χ3v) is 7.08. The van der Waals surface area contributed by atoms with Gasteiger partial charge in [0.25, 0.3) is 0 Å². The van der Waals surface area contributed by atoms with Gasteiger partial charge in [-0.2, -0.15) is 18.4 Å². The van der Waals surface area contributed by atoms with E-state index in [1.54, 1.807) is 23.1 Å². The third-order valence-electron chi connectivity index (χ3n) is 7.08. The Morgan fingerprint density at radius 1 is 1.15 bits per heavy atom. The van der Waals surface area contributed by atoms with Gasteiger partial charge in [0.15, 0.2) is 0 Å². The Balaban J connectivity index is 1.45. The van der Waals surface area contributed by atoms with Crippen LogP contribution in [0.5, 0.6) is 5.75 Å². The predicted molar refractivity (Wildman–Crippen MR) is 121 cm³/mol. The molecule has 0 aromatic heterocycles. The van der Waals surface area contributed by atoms with Gasteiger partial charge >= 0.3 is 6.18 Å². The summed E-state index contributed by atoms with van der Waals surface area (Å²) in [6.45, 7) is 3.11. The number of phenolic OH excluding ortho intramolecular Hbond substituents is 1. The SMILES string of the molecule is N#Cc1ccc(N2C[C@@H](C(N)=O)[C@H](C3CCN(Cc4cccc(O)c4)CC3)C2)cc1C(F)(F)F. The van der Waals surface area contributed by atoms with Crippen molar-refractivity contribution in [3.05, 3.63) is 59.2 Å². The van der Waals surface area contributed by atoms with E-state index in [0.717, 1.165) is 44.1 Å². The summed E-state index contributed by atoms with van der Waals surface area (Å²) in [4.78, 5) is 16.3. The summed E-state index contributed by atoms with van der Waals surface area (Å²) >= 11 is 0. The topological polar surface area (TPSA) is 93.6 Å². The first-order chi connectivity index (χ1) is 16.2. The number of rotatable bonds is 5. The van der Waals surface area contributed by atoms with E-state index in [9.17, 15) is 23.1 Å². The summed E-state index contributed by atoms with van der Waals surface area (Å²) in [7, 11) is 0. The van der Waals surface area contributed by atoms with E-state index >= 15 is 0 Å². The van der Waals surface area contributed by atoms with Crippen molar-refractivity contribution in [1.82, 2.24) is 4.90 Å².